The zero-order chi connectivity index (χ0) is 13.1. The van der Waals surface area contributed by atoms with Crippen molar-refractivity contribution in [3.05, 3.63) is 0 Å². The Balaban J connectivity index is 2.58. The molecule has 1 fully saturated rings. The van der Waals surface area contributed by atoms with Crippen molar-refractivity contribution in [1.29, 1.82) is 0 Å². The molecule has 17 heavy (non-hydrogen) atoms. The molecule has 0 aromatic carbocycles. The van der Waals surface area contributed by atoms with Crippen molar-refractivity contribution in [2.24, 2.45) is 11.3 Å². The Morgan fingerprint density at radius 2 is 1.88 bits per heavy atom. The molecule has 1 aliphatic rings. The highest BCUT2D eigenvalue weighted by molar-refractivity contribution is 4.88. The van der Waals surface area contributed by atoms with E-state index in [1.807, 2.05) is 0 Å². The molecule has 0 aliphatic carbocycles. The molecule has 1 N–H and O–H groups in total. The van der Waals surface area contributed by atoms with Crippen LogP contribution in [0.2, 0.25) is 0 Å². The maximum Gasteiger partial charge on any atom is 0.0147 e. The van der Waals surface area contributed by atoms with Gasteiger partial charge in [0.05, 0.1) is 0 Å². The molecular weight excluding hydrogens is 208 g/mol. The van der Waals surface area contributed by atoms with E-state index in [2.05, 4.69) is 51.9 Å². The Morgan fingerprint density at radius 1 is 1.24 bits per heavy atom. The number of nitrogens with zero attached hydrogens (tertiary/aromatic N) is 1. The SMILES string of the molecule is CCC(C)(C)N(C)CC(C)(C)C1CCCNC1. The predicted molar refractivity (Wildman–Crippen MR) is 76.4 cm³/mol. The fourth-order valence-electron chi connectivity index (χ4n) is 2.74. The summed E-state index contributed by atoms with van der Waals surface area (Å²) in [4.78, 5) is 2.54. The third-order valence-corrected chi connectivity index (χ3v) is 4.95. The maximum atomic E-state index is 3.55. The molecular formula is C15H32N2. The molecule has 2 heteroatoms. The third-order valence-electron chi connectivity index (χ3n) is 4.95. The van der Waals surface area contributed by atoms with Crippen molar-refractivity contribution in [2.45, 2.75) is 59.4 Å². The van der Waals surface area contributed by atoms with Gasteiger partial charge in [-0.05, 0) is 64.6 Å². The number of hydrogen-bond donors (Lipinski definition) is 1. The molecule has 0 radical (unpaired) electrons. The fraction of sp³-hybridized carbons (Fsp3) is 1.00. The number of piperidine rings is 1. The zero-order valence-corrected chi connectivity index (χ0v) is 12.8. The highest BCUT2D eigenvalue weighted by Gasteiger charge is 2.34. The molecule has 0 spiro atoms. The Labute approximate surface area is 108 Å². The predicted octanol–water partition coefficient (Wildman–Crippen LogP) is 3.13. The van der Waals surface area contributed by atoms with Crippen molar-refractivity contribution in [2.75, 3.05) is 26.7 Å². The van der Waals surface area contributed by atoms with E-state index in [0.717, 1.165) is 5.92 Å². The van der Waals surface area contributed by atoms with Gasteiger partial charge in [0.1, 0.15) is 0 Å². The minimum atomic E-state index is 0.319. The smallest absolute Gasteiger partial charge is 0.0147 e. The first-order valence-corrected chi connectivity index (χ1v) is 7.21. The number of rotatable bonds is 5. The van der Waals surface area contributed by atoms with Gasteiger partial charge in [-0.15, -0.1) is 0 Å². The van der Waals surface area contributed by atoms with E-state index in [-0.39, 0.29) is 0 Å². The summed E-state index contributed by atoms with van der Waals surface area (Å²) >= 11 is 0. The maximum absolute atomic E-state index is 3.55. The van der Waals surface area contributed by atoms with E-state index in [0.29, 0.717) is 11.0 Å². The van der Waals surface area contributed by atoms with Crippen LogP contribution >= 0.6 is 0 Å². The second-order valence-corrected chi connectivity index (χ2v) is 7.05. The van der Waals surface area contributed by atoms with E-state index in [9.17, 15) is 0 Å². The average molecular weight is 240 g/mol. The van der Waals surface area contributed by atoms with Gasteiger partial charge in [0.2, 0.25) is 0 Å². The second-order valence-electron chi connectivity index (χ2n) is 7.05. The zero-order valence-electron chi connectivity index (χ0n) is 12.8. The van der Waals surface area contributed by atoms with Gasteiger partial charge in [0.25, 0.3) is 0 Å². The molecule has 0 aromatic heterocycles. The topological polar surface area (TPSA) is 15.3 Å². The monoisotopic (exact) mass is 240 g/mol. The normalized spacial score (nSPS) is 23.1. The quantitative estimate of drug-likeness (QED) is 0.794. The van der Waals surface area contributed by atoms with Crippen molar-refractivity contribution < 1.29 is 0 Å². The van der Waals surface area contributed by atoms with Crippen LogP contribution in [0.25, 0.3) is 0 Å². The molecule has 0 aromatic rings. The fourth-order valence-corrected chi connectivity index (χ4v) is 2.74. The minimum Gasteiger partial charge on any atom is -0.316 e. The van der Waals surface area contributed by atoms with Crippen LogP contribution < -0.4 is 5.32 Å². The van der Waals surface area contributed by atoms with E-state index in [1.165, 1.54) is 38.9 Å². The summed E-state index contributed by atoms with van der Waals surface area (Å²) in [5.41, 5.74) is 0.730. The van der Waals surface area contributed by atoms with Crippen LogP contribution in [-0.4, -0.2) is 37.1 Å². The van der Waals surface area contributed by atoms with Crippen LogP contribution in [0.3, 0.4) is 0 Å². The summed E-state index contributed by atoms with van der Waals surface area (Å²) in [6.45, 7) is 15.5. The molecule has 2 nitrogen and oxygen atoms in total. The van der Waals surface area contributed by atoms with Crippen LogP contribution in [-0.2, 0) is 0 Å². The van der Waals surface area contributed by atoms with Crippen LogP contribution in [0, 0.1) is 11.3 Å². The number of nitrogens with one attached hydrogen (secondary N) is 1. The molecule has 0 saturated carbocycles. The summed E-state index contributed by atoms with van der Waals surface area (Å²) < 4.78 is 0. The Bertz CT molecular complexity index is 227. The molecule has 0 bridgehead atoms. The van der Waals surface area contributed by atoms with Crippen LogP contribution in [0.1, 0.15) is 53.9 Å². The summed E-state index contributed by atoms with van der Waals surface area (Å²) in [7, 11) is 2.28. The standard InChI is InChI=1S/C15H32N2/c1-7-15(4,5)17(6)12-14(2,3)13-9-8-10-16-11-13/h13,16H,7-12H2,1-6H3. The lowest BCUT2D eigenvalue weighted by molar-refractivity contribution is 0.0565. The lowest BCUT2D eigenvalue weighted by atomic mass is 9.74. The van der Waals surface area contributed by atoms with Gasteiger partial charge in [-0.1, -0.05) is 20.8 Å². The van der Waals surface area contributed by atoms with Crippen molar-refractivity contribution in [3.63, 3.8) is 0 Å². The molecule has 0 amide bonds. The van der Waals surface area contributed by atoms with Gasteiger partial charge in [-0.2, -0.15) is 0 Å². The van der Waals surface area contributed by atoms with Crippen LogP contribution in [0.5, 0.6) is 0 Å². The van der Waals surface area contributed by atoms with Gasteiger partial charge in [-0.25, -0.2) is 0 Å². The van der Waals surface area contributed by atoms with Gasteiger partial charge in [0.15, 0.2) is 0 Å². The van der Waals surface area contributed by atoms with Crippen molar-refractivity contribution in [3.8, 4) is 0 Å². The molecule has 1 heterocycles. The Morgan fingerprint density at radius 3 is 2.35 bits per heavy atom. The highest BCUT2D eigenvalue weighted by atomic mass is 15.2. The minimum absolute atomic E-state index is 0.319. The van der Waals surface area contributed by atoms with Crippen molar-refractivity contribution in [1.82, 2.24) is 10.2 Å². The molecule has 1 aliphatic heterocycles. The first-order valence-electron chi connectivity index (χ1n) is 7.21. The lowest BCUT2D eigenvalue weighted by Crippen LogP contribution is -2.49. The van der Waals surface area contributed by atoms with Crippen molar-refractivity contribution >= 4 is 0 Å². The van der Waals surface area contributed by atoms with Gasteiger partial charge < -0.3 is 10.2 Å². The molecule has 1 atom stereocenters. The van der Waals surface area contributed by atoms with Gasteiger partial charge in [-0.3, -0.25) is 0 Å². The van der Waals surface area contributed by atoms with Gasteiger partial charge >= 0.3 is 0 Å². The average Bonchev–Trinajstić information content (AvgIpc) is 2.29. The summed E-state index contributed by atoms with van der Waals surface area (Å²) in [5.74, 6) is 0.825. The van der Waals surface area contributed by atoms with Crippen LogP contribution in [0.15, 0.2) is 0 Å². The Kier molecular flexibility index (Phi) is 5.03. The van der Waals surface area contributed by atoms with Crippen LogP contribution in [0.4, 0.5) is 0 Å². The second kappa shape index (κ2) is 5.71. The molecule has 1 unspecified atom stereocenters. The third kappa shape index (κ3) is 3.96. The summed E-state index contributed by atoms with van der Waals surface area (Å²) in [5, 5.41) is 3.55. The van der Waals surface area contributed by atoms with E-state index < -0.39 is 0 Å². The van der Waals surface area contributed by atoms with E-state index in [4.69, 9.17) is 0 Å². The summed E-state index contributed by atoms with van der Waals surface area (Å²) in [6.07, 6.45) is 3.94. The molecule has 1 saturated heterocycles. The molecule has 1 rings (SSSR count). The summed E-state index contributed by atoms with van der Waals surface area (Å²) in [6, 6.07) is 0. The highest BCUT2D eigenvalue weighted by Crippen LogP contribution is 2.34. The largest absolute Gasteiger partial charge is 0.316 e. The van der Waals surface area contributed by atoms with E-state index >= 15 is 0 Å². The molecule has 102 valence electrons. The van der Waals surface area contributed by atoms with E-state index in [1.54, 1.807) is 0 Å². The first-order chi connectivity index (χ1) is 7.79. The Hall–Kier alpha value is -0.0800. The first kappa shape index (κ1) is 15.0. The number of hydrogen-bond acceptors (Lipinski definition) is 2. The lowest BCUT2D eigenvalue weighted by Gasteiger charge is -2.44. The van der Waals surface area contributed by atoms with Gasteiger partial charge in [0, 0.05) is 12.1 Å².